The van der Waals surface area contributed by atoms with E-state index in [0.29, 0.717) is 25.6 Å². The number of hydrogen-bond donors (Lipinski definition) is 1. The summed E-state index contributed by atoms with van der Waals surface area (Å²) in [6.07, 6.45) is 0.681. The van der Waals surface area contributed by atoms with Gasteiger partial charge in [-0.15, -0.1) is 0 Å². The van der Waals surface area contributed by atoms with Gasteiger partial charge in [-0.05, 0) is 37.5 Å². The number of nitrogens with two attached hydrogens (primary N) is 1. The second-order valence-electron chi connectivity index (χ2n) is 4.85. The molecule has 0 saturated carbocycles. The fraction of sp³-hybridized carbons (Fsp3) is 0.500. The van der Waals surface area contributed by atoms with Crippen molar-refractivity contribution in [1.82, 2.24) is 4.31 Å². The summed E-state index contributed by atoms with van der Waals surface area (Å²) < 4.78 is 51.8. The van der Waals surface area contributed by atoms with Crippen LogP contribution in [0.15, 0.2) is 23.1 Å². The molecule has 106 valence electrons. The van der Waals surface area contributed by atoms with Crippen molar-refractivity contribution in [3.8, 4) is 0 Å². The summed E-state index contributed by atoms with van der Waals surface area (Å²) >= 11 is 0. The Labute approximate surface area is 111 Å². The predicted octanol–water partition coefficient (Wildman–Crippen LogP) is 1.32. The van der Waals surface area contributed by atoms with Gasteiger partial charge in [0, 0.05) is 19.1 Å². The maximum Gasteiger partial charge on any atom is 0.243 e. The van der Waals surface area contributed by atoms with Crippen LogP contribution in [-0.2, 0) is 10.0 Å². The molecule has 1 heterocycles. The molecule has 4 nitrogen and oxygen atoms in total. The minimum absolute atomic E-state index is 0.0925. The molecule has 2 atom stereocenters. The number of rotatable bonds is 3. The van der Waals surface area contributed by atoms with E-state index in [1.165, 1.54) is 4.31 Å². The van der Waals surface area contributed by atoms with E-state index in [4.69, 9.17) is 5.73 Å². The van der Waals surface area contributed by atoms with Gasteiger partial charge in [0.1, 0.15) is 0 Å². The van der Waals surface area contributed by atoms with Gasteiger partial charge >= 0.3 is 0 Å². The zero-order chi connectivity index (χ0) is 14.2. The van der Waals surface area contributed by atoms with Crippen LogP contribution in [0.25, 0.3) is 0 Å². The van der Waals surface area contributed by atoms with E-state index in [2.05, 4.69) is 0 Å². The Balaban J connectivity index is 2.26. The van der Waals surface area contributed by atoms with Crippen LogP contribution >= 0.6 is 0 Å². The van der Waals surface area contributed by atoms with Crippen LogP contribution in [0.1, 0.15) is 13.3 Å². The third-order valence-electron chi connectivity index (χ3n) is 3.46. The van der Waals surface area contributed by atoms with Crippen molar-refractivity contribution in [2.75, 3.05) is 13.1 Å². The third-order valence-corrected chi connectivity index (χ3v) is 5.32. The molecule has 1 aliphatic rings. The second kappa shape index (κ2) is 5.15. The highest BCUT2D eigenvalue weighted by Crippen LogP contribution is 2.26. The number of hydrogen-bond acceptors (Lipinski definition) is 3. The molecule has 2 N–H and O–H groups in total. The van der Waals surface area contributed by atoms with E-state index >= 15 is 0 Å². The molecule has 0 amide bonds. The SMILES string of the molecule is CC(N)C1CCN(S(=O)(=O)c2ccc(F)c(F)c2)C1. The summed E-state index contributed by atoms with van der Waals surface area (Å²) in [6.45, 7) is 2.50. The minimum Gasteiger partial charge on any atom is -0.328 e. The molecule has 1 fully saturated rings. The molecule has 1 aromatic carbocycles. The molecule has 2 unspecified atom stereocenters. The van der Waals surface area contributed by atoms with E-state index in [1.807, 2.05) is 6.92 Å². The minimum atomic E-state index is -3.77. The van der Waals surface area contributed by atoms with Gasteiger partial charge in [0.05, 0.1) is 4.90 Å². The number of halogens is 2. The molecule has 0 aliphatic carbocycles. The topological polar surface area (TPSA) is 63.4 Å². The van der Waals surface area contributed by atoms with Crippen LogP contribution in [0.3, 0.4) is 0 Å². The number of nitrogens with zero attached hydrogens (tertiary/aromatic N) is 1. The Morgan fingerprint density at radius 3 is 2.58 bits per heavy atom. The average molecular weight is 290 g/mol. The van der Waals surface area contributed by atoms with Gasteiger partial charge in [0.25, 0.3) is 0 Å². The Hall–Kier alpha value is -1.05. The normalized spacial score (nSPS) is 22.6. The first-order valence-electron chi connectivity index (χ1n) is 6.03. The summed E-state index contributed by atoms with van der Waals surface area (Å²) in [5, 5.41) is 0. The van der Waals surface area contributed by atoms with E-state index in [9.17, 15) is 17.2 Å². The molecule has 1 saturated heterocycles. The predicted molar refractivity (Wildman–Crippen MR) is 66.9 cm³/mol. The van der Waals surface area contributed by atoms with Gasteiger partial charge in [-0.2, -0.15) is 4.31 Å². The fourth-order valence-electron chi connectivity index (χ4n) is 2.19. The standard InChI is InChI=1S/C12H16F2N2O2S/c1-8(15)9-4-5-16(7-9)19(17,18)10-2-3-11(13)12(14)6-10/h2-3,6,8-9H,4-5,7,15H2,1H3. The van der Waals surface area contributed by atoms with Gasteiger partial charge in [0.15, 0.2) is 11.6 Å². The smallest absolute Gasteiger partial charge is 0.243 e. The first-order valence-corrected chi connectivity index (χ1v) is 7.47. The summed E-state index contributed by atoms with van der Waals surface area (Å²) in [5.74, 6) is -2.13. The van der Waals surface area contributed by atoms with Crippen molar-refractivity contribution < 1.29 is 17.2 Å². The van der Waals surface area contributed by atoms with Crippen molar-refractivity contribution in [2.24, 2.45) is 11.7 Å². The van der Waals surface area contributed by atoms with Crippen molar-refractivity contribution in [2.45, 2.75) is 24.3 Å². The fourth-order valence-corrected chi connectivity index (χ4v) is 3.71. The van der Waals surface area contributed by atoms with E-state index < -0.39 is 21.7 Å². The highest BCUT2D eigenvalue weighted by atomic mass is 32.2. The largest absolute Gasteiger partial charge is 0.328 e. The zero-order valence-corrected chi connectivity index (χ0v) is 11.3. The first-order chi connectivity index (χ1) is 8.82. The third kappa shape index (κ3) is 2.77. The van der Waals surface area contributed by atoms with Crippen molar-refractivity contribution in [3.63, 3.8) is 0 Å². The molecule has 1 aliphatic heterocycles. The maximum absolute atomic E-state index is 13.1. The van der Waals surface area contributed by atoms with Crippen LogP contribution in [0, 0.1) is 17.6 Å². The molecule has 0 radical (unpaired) electrons. The van der Waals surface area contributed by atoms with Crippen LogP contribution in [0.5, 0.6) is 0 Å². The number of sulfonamides is 1. The van der Waals surface area contributed by atoms with Crippen molar-refractivity contribution in [1.29, 1.82) is 0 Å². The monoisotopic (exact) mass is 290 g/mol. The highest BCUT2D eigenvalue weighted by Gasteiger charge is 2.34. The lowest BCUT2D eigenvalue weighted by Crippen LogP contribution is -2.33. The lowest BCUT2D eigenvalue weighted by Gasteiger charge is -2.18. The molecule has 0 spiro atoms. The first kappa shape index (κ1) is 14.4. The molecule has 1 aromatic rings. The maximum atomic E-state index is 13.1. The molecule has 7 heteroatoms. The van der Waals surface area contributed by atoms with Gasteiger partial charge in [-0.25, -0.2) is 17.2 Å². The van der Waals surface area contributed by atoms with Crippen LogP contribution in [-0.4, -0.2) is 31.9 Å². The van der Waals surface area contributed by atoms with Gasteiger partial charge in [0.2, 0.25) is 10.0 Å². The lowest BCUT2D eigenvalue weighted by atomic mass is 10.0. The summed E-state index contributed by atoms with van der Waals surface area (Å²) in [7, 11) is -3.77. The molecule has 0 bridgehead atoms. The number of benzene rings is 1. The summed E-state index contributed by atoms with van der Waals surface area (Å²) in [4.78, 5) is -0.225. The molecule has 0 aromatic heterocycles. The quantitative estimate of drug-likeness (QED) is 0.913. The van der Waals surface area contributed by atoms with Gasteiger partial charge in [-0.3, -0.25) is 0 Å². The molecule has 19 heavy (non-hydrogen) atoms. The Morgan fingerprint density at radius 1 is 1.37 bits per heavy atom. The Bertz CT molecular complexity index is 575. The van der Waals surface area contributed by atoms with E-state index in [0.717, 1.165) is 12.1 Å². The molecular formula is C12H16F2N2O2S. The summed E-state index contributed by atoms with van der Waals surface area (Å²) in [6, 6.07) is 2.52. The van der Waals surface area contributed by atoms with Crippen LogP contribution in [0.4, 0.5) is 8.78 Å². The van der Waals surface area contributed by atoms with Crippen molar-refractivity contribution >= 4 is 10.0 Å². The Morgan fingerprint density at radius 2 is 2.05 bits per heavy atom. The van der Waals surface area contributed by atoms with E-state index in [-0.39, 0.29) is 16.9 Å². The highest BCUT2D eigenvalue weighted by molar-refractivity contribution is 7.89. The lowest BCUT2D eigenvalue weighted by molar-refractivity contribution is 0.428. The average Bonchev–Trinajstić information content (AvgIpc) is 2.82. The summed E-state index contributed by atoms with van der Waals surface area (Å²) in [5.41, 5.74) is 5.75. The van der Waals surface area contributed by atoms with Gasteiger partial charge < -0.3 is 5.73 Å². The zero-order valence-electron chi connectivity index (χ0n) is 10.5. The molecular weight excluding hydrogens is 274 g/mol. The van der Waals surface area contributed by atoms with Crippen molar-refractivity contribution in [3.05, 3.63) is 29.8 Å². The molecule has 2 rings (SSSR count). The van der Waals surface area contributed by atoms with Gasteiger partial charge in [-0.1, -0.05) is 0 Å². The van der Waals surface area contributed by atoms with Crippen LogP contribution < -0.4 is 5.73 Å². The second-order valence-corrected chi connectivity index (χ2v) is 6.78. The Kier molecular flexibility index (Phi) is 3.89. The van der Waals surface area contributed by atoms with Crippen LogP contribution in [0.2, 0.25) is 0 Å². The van der Waals surface area contributed by atoms with E-state index in [1.54, 1.807) is 0 Å².